The summed E-state index contributed by atoms with van der Waals surface area (Å²) in [5, 5.41) is 10.9. The first-order chi connectivity index (χ1) is 9.10. The van der Waals surface area contributed by atoms with E-state index in [0.717, 1.165) is 0 Å². The maximum absolute atomic E-state index is 11.0. The number of ether oxygens (including phenoxy) is 1. The van der Waals surface area contributed by atoms with Crippen molar-refractivity contribution in [1.29, 1.82) is 0 Å². The Hall–Kier alpha value is -2.57. The van der Waals surface area contributed by atoms with Crippen molar-refractivity contribution < 1.29 is 24.2 Å². The Balaban J connectivity index is 3.10. The van der Waals surface area contributed by atoms with Crippen molar-refractivity contribution in [2.75, 3.05) is 7.11 Å². The zero-order chi connectivity index (χ0) is 14.3. The highest BCUT2D eigenvalue weighted by atomic mass is 17.2. The van der Waals surface area contributed by atoms with E-state index in [1.54, 1.807) is 13.0 Å². The Morgan fingerprint density at radius 3 is 2.79 bits per heavy atom. The fourth-order valence-electron chi connectivity index (χ4n) is 1.20. The van der Waals surface area contributed by atoms with E-state index in [0.29, 0.717) is 5.56 Å². The molecule has 0 amide bonds. The van der Waals surface area contributed by atoms with Crippen LogP contribution >= 0.6 is 0 Å². The van der Waals surface area contributed by atoms with Crippen molar-refractivity contribution in [2.45, 2.75) is 13.3 Å². The van der Waals surface area contributed by atoms with Crippen LogP contribution in [0.25, 0.3) is 6.08 Å². The molecule has 1 aromatic carbocycles. The highest BCUT2D eigenvalue weighted by Gasteiger charge is 2.20. The molecule has 0 aliphatic rings. The molecule has 0 unspecified atom stereocenters. The number of rotatable bonds is 6. The van der Waals surface area contributed by atoms with Crippen LogP contribution in [0.15, 0.2) is 24.5 Å². The van der Waals surface area contributed by atoms with Gasteiger partial charge in [-0.1, -0.05) is 19.1 Å². The molecule has 0 aliphatic heterocycles. The lowest BCUT2D eigenvalue weighted by Crippen LogP contribution is -2.08. The van der Waals surface area contributed by atoms with Gasteiger partial charge in [-0.25, -0.2) is 4.79 Å². The van der Waals surface area contributed by atoms with Gasteiger partial charge >= 0.3 is 11.7 Å². The van der Waals surface area contributed by atoms with Crippen LogP contribution in [0.5, 0.6) is 5.75 Å². The summed E-state index contributed by atoms with van der Waals surface area (Å²) in [7, 11) is 1.44. The van der Waals surface area contributed by atoms with Crippen LogP contribution in [0.4, 0.5) is 5.69 Å². The molecule has 102 valence electrons. The number of carbonyl (C=O) groups excluding carboxylic acids is 1. The summed E-state index contributed by atoms with van der Waals surface area (Å²) in [5.74, 6) is -0.776. The second kappa shape index (κ2) is 7.00. The third kappa shape index (κ3) is 3.98. The van der Waals surface area contributed by atoms with E-state index < -0.39 is 10.9 Å². The number of carbonyl (C=O) groups is 1. The second-order valence-electron chi connectivity index (χ2n) is 3.38. The van der Waals surface area contributed by atoms with E-state index in [-0.39, 0.29) is 17.9 Å². The van der Waals surface area contributed by atoms with Crippen LogP contribution in [0.3, 0.4) is 0 Å². The summed E-state index contributed by atoms with van der Waals surface area (Å²) in [6.45, 7) is 1.58. The minimum atomic E-state index is -0.626. The van der Waals surface area contributed by atoms with Crippen molar-refractivity contribution in [3.05, 3.63) is 40.1 Å². The van der Waals surface area contributed by atoms with Crippen LogP contribution in [0.1, 0.15) is 18.9 Å². The van der Waals surface area contributed by atoms with Gasteiger partial charge in [-0.05, 0) is 6.08 Å². The Bertz CT molecular complexity index is 497. The van der Waals surface area contributed by atoms with Crippen LogP contribution in [-0.2, 0) is 14.4 Å². The lowest BCUT2D eigenvalue weighted by Gasteiger charge is -2.06. The molecule has 0 saturated carbocycles. The molecule has 7 heteroatoms. The zero-order valence-electron chi connectivity index (χ0n) is 10.5. The van der Waals surface area contributed by atoms with Crippen LogP contribution in [0.2, 0.25) is 0 Å². The van der Waals surface area contributed by atoms with Gasteiger partial charge < -0.3 is 4.74 Å². The first kappa shape index (κ1) is 14.5. The van der Waals surface area contributed by atoms with Crippen LogP contribution in [-0.4, -0.2) is 18.0 Å². The molecular formula is C12H13NO6. The zero-order valence-corrected chi connectivity index (χ0v) is 10.5. The van der Waals surface area contributed by atoms with E-state index >= 15 is 0 Å². The SMILES string of the molecule is CCC(=O)OOc1c(C=COC)cccc1[N+](=O)[O-]. The predicted molar refractivity (Wildman–Crippen MR) is 66.2 cm³/mol. The molecular weight excluding hydrogens is 254 g/mol. The van der Waals surface area contributed by atoms with E-state index in [2.05, 4.69) is 4.89 Å². The Labute approximate surface area is 109 Å². The van der Waals surface area contributed by atoms with Gasteiger partial charge in [0.25, 0.3) is 5.75 Å². The number of para-hydroxylation sites is 1. The summed E-state index contributed by atoms with van der Waals surface area (Å²) < 4.78 is 4.73. The van der Waals surface area contributed by atoms with Crippen LogP contribution < -0.4 is 4.89 Å². The van der Waals surface area contributed by atoms with Crippen molar-refractivity contribution in [2.24, 2.45) is 0 Å². The minimum absolute atomic E-state index is 0.101. The van der Waals surface area contributed by atoms with Gasteiger partial charge in [-0.2, -0.15) is 0 Å². The molecule has 0 atom stereocenters. The Morgan fingerprint density at radius 2 is 2.21 bits per heavy atom. The molecule has 1 aromatic rings. The molecule has 0 aliphatic carbocycles. The number of nitro groups is 1. The van der Waals surface area contributed by atoms with Gasteiger partial charge in [-0.15, -0.1) is 0 Å². The molecule has 0 fully saturated rings. The number of methoxy groups -OCH3 is 1. The highest BCUT2D eigenvalue weighted by Crippen LogP contribution is 2.32. The standard InChI is InChI=1S/C12H13NO6/c1-3-11(14)18-19-12-9(7-8-17-2)5-4-6-10(12)13(15)16/h4-8H,3H2,1-2H3. The number of nitro benzene ring substituents is 1. The number of benzene rings is 1. The minimum Gasteiger partial charge on any atom is -0.504 e. The lowest BCUT2D eigenvalue weighted by atomic mass is 10.1. The van der Waals surface area contributed by atoms with E-state index in [9.17, 15) is 14.9 Å². The summed E-state index contributed by atoms with van der Waals surface area (Å²) in [4.78, 5) is 30.5. The van der Waals surface area contributed by atoms with Gasteiger partial charge in [0.2, 0.25) is 0 Å². The Morgan fingerprint density at radius 1 is 1.47 bits per heavy atom. The maximum Gasteiger partial charge on any atom is 0.355 e. The molecule has 0 N–H and O–H groups in total. The summed E-state index contributed by atoms with van der Waals surface area (Å²) in [5.41, 5.74) is 0.0575. The second-order valence-corrected chi connectivity index (χ2v) is 3.38. The van der Waals surface area contributed by atoms with Gasteiger partial charge in [0.05, 0.1) is 18.3 Å². The molecule has 0 spiro atoms. The summed E-state index contributed by atoms with van der Waals surface area (Å²) in [6.07, 6.45) is 2.89. The average Bonchev–Trinajstić information content (AvgIpc) is 2.42. The van der Waals surface area contributed by atoms with Crippen LogP contribution in [0, 0.1) is 10.1 Å². The van der Waals surface area contributed by atoms with Gasteiger partial charge in [0, 0.05) is 18.1 Å². The topological polar surface area (TPSA) is 87.9 Å². The van der Waals surface area contributed by atoms with Crippen molar-refractivity contribution in [1.82, 2.24) is 0 Å². The predicted octanol–water partition coefficient (Wildman–Crippen LogP) is 2.46. The van der Waals surface area contributed by atoms with Crippen molar-refractivity contribution >= 4 is 17.7 Å². The van der Waals surface area contributed by atoms with Gasteiger partial charge in [0.15, 0.2) is 0 Å². The monoisotopic (exact) mass is 267 g/mol. The van der Waals surface area contributed by atoms with Crippen molar-refractivity contribution in [3.63, 3.8) is 0 Å². The van der Waals surface area contributed by atoms with E-state index in [4.69, 9.17) is 9.62 Å². The summed E-state index contributed by atoms with van der Waals surface area (Å²) >= 11 is 0. The van der Waals surface area contributed by atoms with Crippen molar-refractivity contribution in [3.8, 4) is 5.75 Å². The molecule has 7 nitrogen and oxygen atoms in total. The third-order valence-electron chi connectivity index (χ3n) is 2.11. The Kier molecular flexibility index (Phi) is 5.34. The largest absolute Gasteiger partial charge is 0.504 e. The molecule has 0 saturated heterocycles. The lowest BCUT2D eigenvalue weighted by molar-refractivity contribution is -0.388. The van der Waals surface area contributed by atoms with E-state index in [1.807, 2.05) is 0 Å². The highest BCUT2D eigenvalue weighted by molar-refractivity contribution is 5.69. The molecule has 0 bridgehead atoms. The first-order valence-electron chi connectivity index (χ1n) is 5.44. The normalized spacial score (nSPS) is 10.2. The average molecular weight is 267 g/mol. The summed E-state index contributed by atoms with van der Waals surface area (Å²) in [6, 6.07) is 4.30. The molecule has 1 rings (SSSR count). The third-order valence-corrected chi connectivity index (χ3v) is 2.11. The molecule has 0 aromatic heterocycles. The number of hydrogen-bond acceptors (Lipinski definition) is 6. The van der Waals surface area contributed by atoms with Gasteiger partial charge in [-0.3, -0.25) is 19.9 Å². The number of hydrogen-bond donors (Lipinski definition) is 0. The molecule has 19 heavy (non-hydrogen) atoms. The quantitative estimate of drug-likeness (QED) is 0.340. The fraction of sp³-hybridized carbons (Fsp3) is 0.250. The van der Waals surface area contributed by atoms with E-state index in [1.165, 1.54) is 31.6 Å². The smallest absolute Gasteiger partial charge is 0.355 e. The maximum atomic E-state index is 11.0. The fourth-order valence-corrected chi connectivity index (χ4v) is 1.20. The molecule has 0 heterocycles. The first-order valence-corrected chi connectivity index (χ1v) is 5.44. The van der Waals surface area contributed by atoms with Gasteiger partial charge in [0.1, 0.15) is 0 Å². The number of nitrogens with zero attached hydrogens (tertiary/aromatic N) is 1. The molecule has 0 radical (unpaired) electrons.